The second-order valence-electron chi connectivity index (χ2n) is 5.83. The third-order valence-electron chi connectivity index (χ3n) is 3.79. The minimum absolute atomic E-state index is 0.309. The average Bonchev–Trinajstić information content (AvgIpc) is 2.59. The largest absolute Gasteiger partial charge is 0.351 e. The van der Waals surface area contributed by atoms with Crippen LogP contribution in [0.1, 0.15) is 19.4 Å². The van der Waals surface area contributed by atoms with Gasteiger partial charge in [0.15, 0.2) is 0 Å². The van der Waals surface area contributed by atoms with Crippen molar-refractivity contribution in [3.63, 3.8) is 0 Å². The molecule has 6 heteroatoms. The number of hydrogen-bond acceptors (Lipinski definition) is 4. The Morgan fingerprint density at radius 2 is 1.72 bits per heavy atom. The van der Waals surface area contributed by atoms with Crippen molar-refractivity contribution in [1.29, 1.82) is 0 Å². The lowest BCUT2D eigenvalue weighted by Gasteiger charge is -2.29. The van der Waals surface area contributed by atoms with Gasteiger partial charge in [0.25, 0.3) is 0 Å². The second kappa shape index (κ2) is 8.98. The number of likely N-dealkylation sites (N-methyl/N-ethyl adjacent to an activating group) is 1. The summed E-state index contributed by atoms with van der Waals surface area (Å²) in [5.41, 5.74) is 0.867. The van der Waals surface area contributed by atoms with Gasteiger partial charge in [-0.3, -0.25) is 9.46 Å². The smallest absolute Gasteiger partial charge is 0.308 e. The fraction of sp³-hybridized carbons (Fsp3) is 0.368. The van der Waals surface area contributed by atoms with Crippen LogP contribution < -0.4 is 0 Å². The van der Waals surface area contributed by atoms with Gasteiger partial charge < -0.3 is 9.05 Å². The van der Waals surface area contributed by atoms with E-state index in [0.29, 0.717) is 18.2 Å². The highest BCUT2D eigenvalue weighted by molar-refractivity contribution is 7.54. The maximum Gasteiger partial charge on any atom is 0.351 e. The Bertz CT molecular complexity index is 781. The first kappa shape index (κ1) is 20.2. The molecular formula is C19H25ClNO3P. The molecule has 0 bridgehead atoms. The zero-order valence-electron chi connectivity index (χ0n) is 15.1. The van der Waals surface area contributed by atoms with E-state index < -0.39 is 13.4 Å². The van der Waals surface area contributed by atoms with Gasteiger partial charge in [-0.2, -0.15) is 0 Å². The Morgan fingerprint density at radius 1 is 1.12 bits per heavy atom. The molecule has 0 fully saturated rings. The molecule has 0 unspecified atom stereocenters. The van der Waals surface area contributed by atoms with E-state index in [2.05, 4.69) is 6.07 Å². The Labute approximate surface area is 154 Å². The topological polar surface area (TPSA) is 38.8 Å². The van der Waals surface area contributed by atoms with E-state index in [-0.39, 0.29) is 0 Å². The van der Waals surface area contributed by atoms with Crippen LogP contribution >= 0.6 is 19.2 Å². The molecule has 0 aromatic heterocycles. The van der Waals surface area contributed by atoms with Crippen molar-refractivity contribution in [3.8, 4) is 0 Å². The van der Waals surface area contributed by atoms with Crippen LogP contribution in [-0.2, 0) is 13.6 Å². The molecule has 2 rings (SSSR count). The molecule has 0 amide bonds. The molecule has 25 heavy (non-hydrogen) atoms. The molecule has 0 radical (unpaired) electrons. The first-order chi connectivity index (χ1) is 11.9. The molecule has 4 nitrogen and oxygen atoms in total. The number of hydrogen-bond donors (Lipinski definition) is 0. The average molecular weight is 382 g/mol. The zero-order valence-corrected chi connectivity index (χ0v) is 16.8. The quantitative estimate of drug-likeness (QED) is 0.560. The normalized spacial score (nSPS) is 14.2. The molecule has 2 aromatic rings. The van der Waals surface area contributed by atoms with E-state index >= 15 is 0 Å². The van der Waals surface area contributed by atoms with Gasteiger partial charge in [-0.25, -0.2) is 0 Å². The maximum atomic E-state index is 13.1. The summed E-state index contributed by atoms with van der Waals surface area (Å²) in [6.45, 7) is 4.21. The Hall–Kier alpha value is -1.16. The predicted octanol–water partition coefficient (Wildman–Crippen LogP) is 5.57. The lowest BCUT2D eigenvalue weighted by atomic mass is 10.1. The van der Waals surface area contributed by atoms with Gasteiger partial charge in [-0.05, 0) is 56.4 Å². The van der Waals surface area contributed by atoms with Gasteiger partial charge in [-0.15, -0.1) is 0 Å². The van der Waals surface area contributed by atoms with E-state index in [0.717, 1.165) is 16.3 Å². The molecule has 0 spiro atoms. The monoisotopic (exact) mass is 381 g/mol. The summed E-state index contributed by atoms with van der Waals surface area (Å²) in [6, 6.07) is 14.1. The molecule has 0 saturated heterocycles. The van der Waals surface area contributed by atoms with Gasteiger partial charge in [0.05, 0.1) is 13.2 Å². The predicted molar refractivity (Wildman–Crippen MR) is 106 cm³/mol. The Balaban J connectivity index is 2.41. The van der Waals surface area contributed by atoms with Crippen LogP contribution in [0.5, 0.6) is 0 Å². The standard InChI is InChI=1S/C19H25ClNO3P/c1-5-23-25(22,24-6-2)19(21(3)4)14-18(20)17-12-11-15-9-7-8-10-16(15)13-17/h7-14,19H,5-6H2,1-4H3/b18-14-/t19-/m0/s1. The van der Waals surface area contributed by atoms with E-state index in [1.165, 1.54) is 0 Å². The molecule has 0 heterocycles. The van der Waals surface area contributed by atoms with Crippen LogP contribution in [0.15, 0.2) is 48.5 Å². The molecular weight excluding hydrogens is 357 g/mol. The zero-order chi connectivity index (χ0) is 18.4. The van der Waals surface area contributed by atoms with Crippen molar-refractivity contribution in [2.45, 2.75) is 19.6 Å². The van der Waals surface area contributed by atoms with Gasteiger partial charge >= 0.3 is 7.60 Å². The van der Waals surface area contributed by atoms with Crippen molar-refractivity contribution >= 4 is 35.0 Å². The number of rotatable bonds is 8. The fourth-order valence-electron chi connectivity index (χ4n) is 2.64. The maximum absolute atomic E-state index is 13.1. The van der Waals surface area contributed by atoms with Gasteiger partial charge in [-0.1, -0.05) is 48.0 Å². The summed E-state index contributed by atoms with van der Waals surface area (Å²) in [5, 5.41) is 2.77. The summed E-state index contributed by atoms with van der Waals surface area (Å²) < 4.78 is 24.1. The molecule has 0 saturated carbocycles. The number of fused-ring (bicyclic) bond motifs is 1. The van der Waals surface area contributed by atoms with Crippen LogP contribution in [0.2, 0.25) is 0 Å². The summed E-state index contributed by atoms with van der Waals surface area (Å²) in [5.74, 6) is -0.564. The van der Waals surface area contributed by atoms with Crippen molar-refractivity contribution in [2.75, 3.05) is 27.3 Å². The van der Waals surface area contributed by atoms with Gasteiger partial charge in [0.2, 0.25) is 0 Å². The van der Waals surface area contributed by atoms with Crippen molar-refractivity contribution in [3.05, 3.63) is 54.1 Å². The second-order valence-corrected chi connectivity index (χ2v) is 8.36. The minimum Gasteiger partial charge on any atom is -0.308 e. The Kier molecular flexibility index (Phi) is 7.24. The molecule has 0 aliphatic carbocycles. The number of benzene rings is 2. The minimum atomic E-state index is -3.34. The summed E-state index contributed by atoms with van der Waals surface area (Å²) >= 11 is 6.55. The van der Waals surface area contributed by atoms with E-state index in [4.69, 9.17) is 20.6 Å². The highest BCUT2D eigenvalue weighted by Crippen LogP contribution is 2.54. The van der Waals surface area contributed by atoms with E-state index in [9.17, 15) is 4.57 Å². The van der Waals surface area contributed by atoms with Crippen molar-refractivity contribution in [1.82, 2.24) is 4.90 Å². The lowest BCUT2D eigenvalue weighted by Crippen LogP contribution is -2.28. The molecule has 0 N–H and O–H groups in total. The van der Waals surface area contributed by atoms with Crippen LogP contribution in [0.3, 0.4) is 0 Å². The molecule has 0 aliphatic heterocycles. The molecule has 0 aliphatic rings. The number of nitrogens with zero attached hydrogens (tertiary/aromatic N) is 1. The first-order valence-corrected chi connectivity index (χ1v) is 10.3. The summed E-state index contributed by atoms with van der Waals surface area (Å²) in [4.78, 5) is 1.80. The van der Waals surface area contributed by atoms with Crippen LogP contribution in [0.25, 0.3) is 15.8 Å². The van der Waals surface area contributed by atoms with Crippen molar-refractivity contribution in [2.24, 2.45) is 0 Å². The third kappa shape index (κ3) is 4.93. The van der Waals surface area contributed by atoms with Crippen LogP contribution in [-0.4, -0.2) is 38.0 Å². The fourth-order valence-corrected chi connectivity index (χ4v) is 4.96. The van der Waals surface area contributed by atoms with Crippen molar-refractivity contribution < 1.29 is 13.6 Å². The van der Waals surface area contributed by atoms with E-state index in [1.807, 2.05) is 50.5 Å². The van der Waals surface area contributed by atoms with Crippen LogP contribution in [0.4, 0.5) is 0 Å². The van der Waals surface area contributed by atoms with E-state index in [1.54, 1.807) is 24.8 Å². The Morgan fingerprint density at radius 3 is 2.28 bits per heavy atom. The van der Waals surface area contributed by atoms with Crippen LogP contribution in [0, 0.1) is 0 Å². The lowest BCUT2D eigenvalue weighted by molar-refractivity contribution is 0.196. The van der Waals surface area contributed by atoms with Gasteiger partial charge in [0, 0.05) is 5.03 Å². The molecule has 2 aromatic carbocycles. The molecule has 136 valence electrons. The first-order valence-electron chi connectivity index (χ1n) is 8.33. The highest BCUT2D eigenvalue weighted by atomic mass is 35.5. The third-order valence-corrected chi connectivity index (χ3v) is 6.63. The highest BCUT2D eigenvalue weighted by Gasteiger charge is 2.36. The summed E-state index contributed by atoms with van der Waals surface area (Å²) in [7, 11) is 0.317. The molecule has 1 atom stereocenters. The number of halogens is 1. The SMILES string of the molecule is CCOP(=O)(OCC)[C@@H](/C=C(\Cl)c1ccc2ccccc2c1)N(C)C. The summed E-state index contributed by atoms with van der Waals surface area (Å²) in [6.07, 6.45) is 1.75. The van der Waals surface area contributed by atoms with Gasteiger partial charge in [0.1, 0.15) is 5.78 Å².